The van der Waals surface area contributed by atoms with E-state index in [9.17, 15) is 4.79 Å². The van der Waals surface area contributed by atoms with Crippen LogP contribution in [0.15, 0.2) is 24.4 Å². The van der Waals surface area contributed by atoms with E-state index >= 15 is 0 Å². The molecule has 3 aromatic heterocycles. The Labute approximate surface area is 188 Å². The Morgan fingerprint density at radius 3 is 2.56 bits per heavy atom. The van der Waals surface area contributed by atoms with E-state index in [2.05, 4.69) is 62.0 Å². The monoisotopic (exact) mass is 435 g/mol. The van der Waals surface area contributed by atoms with Crippen LogP contribution in [-0.2, 0) is 9.53 Å². The van der Waals surface area contributed by atoms with Crippen LogP contribution < -0.4 is 10.2 Å². The summed E-state index contributed by atoms with van der Waals surface area (Å²) in [7, 11) is 0. The summed E-state index contributed by atoms with van der Waals surface area (Å²) in [6.45, 7) is 4.72. The molecule has 1 aliphatic carbocycles. The van der Waals surface area contributed by atoms with Crippen molar-refractivity contribution in [1.82, 2.24) is 24.8 Å². The summed E-state index contributed by atoms with van der Waals surface area (Å²) in [5.41, 5.74) is 2.18. The fourth-order valence-corrected chi connectivity index (χ4v) is 3.26. The molecule has 1 saturated heterocycles. The molecule has 1 saturated carbocycles. The number of terminal acetylenes is 2. The lowest BCUT2D eigenvalue weighted by molar-refractivity contribution is -0.128. The molecule has 0 amide bonds. The minimum Gasteiger partial charge on any atom is -0.468 e. The van der Waals surface area contributed by atoms with Gasteiger partial charge in [0, 0.05) is 37.0 Å². The molecule has 0 aromatic carbocycles. The predicted octanol–water partition coefficient (Wildman–Crippen LogP) is 3.35. The highest BCUT2D eigenvalue weighted by Crippen LogP contribution is 2.39. The van der Waals surface area contributed by atoms with Gasteiger partial charge in [0.25, 0.3) is 6.47 Å². The van der Waals surface area contributed by atoms with Crippen LogP contribution in [0.1, 0.15) is 44.2 Å². The SMILES string of the molecule is C#C.C#C.CCOC=O.c1cc2c(Nc3cc(C4CC4)[nH]n3)nc(N3CCCC3)nn2c1. The summed E-state index contributed by atoms with van der Waals surface area (Å²) in [6, 6.07) is 6.10. The number of aromatic nitrogens is 5. The Morgan fingerprint density at radius 2 is 1.97 bits per heavy atom. The summed E-state index contributed by atoms with van der Waals surface area (Å²) in [6.07, 6.45) is 22.9. The standard InChI is InChI=1S/C16H19N7.C3H6O2.2C2H2/c1-2-8-22(7-1)16-18-15(13-4-3-9-23(13)21-16)17-14-10-12(19-20-14)11-5-6-11;1-2-5-3-4;2*1-2/h3-4,9-11H,1-2,5-8H2,(H2,17,18,19,20,21);3H,2H2,1H3;2*1-2H. The Morgan fingerprint density at radius 1 is 1.25 bits per heavy atom. The molecule has 2 fully saturated rings. The Hall–Kier alpha value is -3.98. The number of ether oxygens (including phenoxy) is 1. The number of aromatic amines is 1. The molecule has 9 heteroatoms. The van der Waals surface area contributed by atoms with Crippen LogP contribution in [0.25, 0.3) is 5.52 Å². The number of H-pyrrole nitrogens is 1. The molecule has 0 bridgehead atoms. The van der Waals surface area contributed by atoms with E-state index in [1.807, 2.05) is 22.8 Å². The predicted molar refractivity (Wildman–Crippen MR) is 126 cm³/mol. The van der Waals surface area contributed by atoms with Crippen LogP contribution >= 0.6 is 0 Å². The van der Waals surface area contributed by atoms with Crippen molar-refractivity contribution in [2.45, 2.75) is 38.5 Å². The fraction of sp³-hybridized carbons (Fsp3) is 0.391. The number of rotatable bonds is 6. The van der Waals surface area contributed by atoms with Crippen LogP contribution in [-0.4, -0.2) is 51.0 Å². The van der Waals surface area contributed by atoms with Crippen LogP contribution in [0.4, 0.5) is 17.6 Å². The molecule has 4 heterocycles. The summed E-state index contributed by atoms with van der Waals surface area (Å²) >= 11 is 0. The van der Waals surface area contributed by atoms with Gasteiger partial charge in [0.2, 0.25) is 5.95 Å². The Kier molecular flexibility index (Phi) is 9.61. The molecule has 9 nitrogen and oxygen atoms in total. The normalized spacial score (nSPS) is 14.1. The number of carbonyl (C=O) groups excluding carboxylic acids is 1. The molecule has 32 heavy (non-hydrogen) atoms. The van der Waals surface area contributed by atoms with E-state index in [0.29, 0.717) is 19.0 Å². The lowest BCUT2D eigenvalue weighted by atomic mass is 10.3. The van der Waals surface area contributed by atoms with Crippen molar-refractivity contribution in [3.8, 4) is 25.7 Å². The van der Waals surface area contributed by atoms with Crippen molar-refractivity contribution >= 4 is 29.6 Å². The van der Waals surface area contributed by atoms with Crippen molar-refractivity contribution in [2.75, 3.05) is 29.9 Å². The second kappa shape index (κ2) is 12.7. The lowest BCUT2D eigenvalue weighted by Gasteiger charge is -2.16. The first-order valence-electron chi connectivity index (χ1n) is 10.4. The summed E-state index contributed by atoms with van der Waals surface area (Å²) in [4.78, 5) is 16.2. The molecular formula is C23H29N7O2. The van der Waals surface area contributed by atoms with E-state index in [1.165, 1.54) is 31.4 Å². The third-order valence-corrected chi connectivity index (χ3v) is 4.86. The minimum absolute atomic E-state index is 0.431. The summed E-state index contributed by atoms with van der Waals surface area (Å²) in [5.74, 6) is 3.07. The van der Waals surface area contributed by atoms with Gasteiger partial charge < -0.3 is 15.0 Å². The second-order valence-electron chi connectivity index (χ2n) is 6.95. The van der Waals surface area contributed by atoms with E-state index in [4.69, 9.17) is 4.98 Å². The molecule has 2 N–H and O–H groups in total. The zero-order chi connectivity index (χ0) is 23.3. The molecule has 0 unspecified atom stereocenters. The van der Waals surface area contributed by atoms with Gasteiger partial charge in [0.15, 0.2) is 11.6 Å². The zero-order valence-corrected chi connectivity index (χ0v) is 18.3. The zero-order valence-electron chi connectivity index (χ0n) is 18.3. The van der Waals surface area contributed by atoms with Crippen LogP contribution in [0.2, 0.25) is 0 Å². The molecule has 168 valence electrons. The maximum absolute atomic E-state index is 9.18. The Balaban J connectivity index is 0.000000354. The summed E-state index contributed by atoms with van der Waals surface area (Å²) < 4.78 is 6.04. The van der Waals surface area contributed by atoms with Gasteiger partial charge in [-0.05, 0) is 44.7 Å². The molecule has 0 spiro atoms. The molecule has 1 aliphatic heterocycles. The first kappa shape index (κ1) is 24.3. The van der Waals surface area contributed by atoms with Gasteiger partial charge in [-0.2, -0.15) is 10.1 Å². The van der Waals surface area contributed by atoms with Crippen molar-refractivity contribution in [3.05, 3.63) is 30.1 Å². The number of nitrogens with zero attached hydrogens (tertiary/aromatic N) is 5. The average molecular weight is 436 g/mol. The van der Waals surface area contributed by atoms with Crippen molar-refractivity contribution in [3.63, 3.8) is 0 Å². The minimum atomic E-state index is 0.431. The van der Waals surface area contributed by atoms with Gasteiger partial charge in [-0.1, -0.05) is 0 Å². The van der Waals surface area contributed by atoms with E-state index in [1.54, 1.807) is 6.92 Å². The van der Waals surface area contributed by atoms with E-state index < -0.39 is 0 Å². The highest BCUT2D eigenvalue weighted by Gasteiger charge is 2.25. The van der Waals surface area contributed by atoms with Crippen LogP contribution in [0, 0.1) is 25.7 Å². The molecule has 0 radical (unpaired) electrons. The van der Waals surface area contributed by atoms with Gasteiger partial charge in [-0.15, -0.1) is 30.8 Å². The van der Waals surface area contributed by atoms with Gasteiger partial charge >= 0.3 is 0 Å². The highest BCUT2D eigenvalue weighted by atomic mass is 16.5. The number of nitrogens with one attached hydrogen (secondary N) is 2. The molecule has 5 rings (SSSR count). The van der Waals surface area contributed by atoms with E-state index in [0.717, 1.165) is 36.2 Å². The Bertz CT molecular complexity index is 1000. The lowest BCUT2D eigenvalue weighted by Crippen LogP contribution is -2.22. The van der Waals surface area contributed by atoms with Crippen LogP contribution in [0.3, 0.4) is 0 Å². The summed E-state index contributed by atoms with van der Waals surface area (Å²) in [5, 5.41) is 15.5. The first-order valence-corrected chi connectivity index (χ1v) is 10.4. The van der Waals surface area contributed by atoms with Crippen LogP contribution in [0.5, 0.6) is 0 Å². The quantitative estimate of drug-likeness (QED) is 0.452. The average Bonchev–Trinajstić information content (AvgIpc) is 3.22. The van der Waals surface area contributed by atoms with Crippen molar-refractivity contribution in [1.29, 1.82) is 0 Å². The van der Waals surface area contributed by atoms with Gasteiger partial charge in [-0.3, -0.25) is 9.89 Å². The molecular weight excluding hydrogens is 406 g/mol. The van der Waals surface area contributed by atoms with Gasteiger partial charge in [0.1, 0.15) is 5.52 Å². The van der Waals surface area contributed by atoms with Crippen molar-refractivity contribution < 1.29 is 9.53 Å². The number of hydrogen-bond acceptors (Lipinski definition) is 7. The second-order valence-corrected chi connectivity index (χ2v) is 6.95. The topological polar surface area (TPSA) is 100 Å². The number of carbonyl (C=O) groups is 1. The van der Waals surface area contributed by atoms with Gasteiger partial charge in [-0.25, -0.2) is 4.52 Å². The number of anilines is 3. The maximum atomic E-state index is 9.18. The number of hydrogen-bond donors (Lipinski definition) is 2. The van der Waals surface area contributed by atoms with Gasteiger partial charge in [0.05, 0.1) is 6.61 Å². The molecule has 2 aliphatic rings. The maximum Gasteiger partial charge on any atom is 0.293 e. The molecule has 0 atom stereocenters. The third kappa shape index (κ3) is 6.26. The first-order chi connectivity index (χ1) is 15.8. The third-order valence-electron chi connectivity index (χ3n) is 4.86. The highest BCUT2D eigenvalue weighted by molar-refractivity contribution is 5.73. The largest absolute Gasteiger partial charge is 0.468 e. The molecule has 3 aromatic rings. The fourth-order valence-electron chi connectivity index (χ4n) is 3.26. The van der Waals surface area contributed by atoms with Crippen molar-refractivity contribution in [2.24, 2.45) is 0 Å². The smallest absolute Gasteiger partial charge is 0.293 e. The number of fused-ring (bicyclic) bond motifs is 1. The van der Waals surface area contributed by atoms with E-state index in [-0.39, 0.29) is 0 Å².